The first-order valence-corrected chi connectivity index (χ1v) is 7.28. The third kappa shape index (κ3) is 7.22. The molecule has 114 valence electrons. The Labute approximate surface area is 116 Å². The summed E-state index contributed by atoms with van der Waals surface area (Å²) in [4.78, 5) is 2.22. The van der Waals surface area contributed by atoms with Gasteiger partial charge >= 0.3 is 0 Å². The molecule has 0 aliphatic heterocycles. The second kappa shape index (κ2) is 10.6. The van der Waals surface area contributed by atoms with Crippen molar-refractivity contribution in [2.45, 2.75) is 37.8 Å². The molecule has 1 N–H and O–H groups in total. The molecule has 1 rings (SSSR count). The minimum atomic E-state index is -0.170. The topological polar surface area (TPSA) is 51.2 Å². The molecule has 0 bridgehead atoms. The molecule has 0 aromatic carbocycles. The van der Waals surface area contributed by atoms with E-state index in [0.29, 0.717) is 39.1 Å². The van der Waals surface area contributed by atoms with E-state index < -0.39 is 0 Å². The maximum absolute atomic E-state index is 9.95. The highest BCUT2D eigenvalue weighted by Gasteiger charge is 2.25. The summed E-state index contributed by atoms with van der Waals surface area (Å²) in [7, 11) is 3.73. The number of ether oxygens (including phenoxy) is 3. The van der Waals surface area contributed by atoms with Gasteiger partial charge in [-0.05, 0) is 19.9 Å². The van der Waals surface area contributed by atoms with E-state index in [-0.39, 0.29) is 6.10 Å². The van der Waals surface area contributed by atoms with Crippen LogP contribution >= 0.6 is 0 Å². The molecule has 1 aliphatic rings. The molecule has 0 heterocycles. The van der Waals surface area contributed by atoms with Crippen LogP contribution in [0, 0.1) is 0 Å². The number of methoxy groups -OCH3 is 1. The standard InChI is InChI=1S/C14H29NO4/c1-15(13-5-3-4-6-14(13)16)7-8-18-11-12-19-10-9-17-2/h13-14,16H,3-12H2,1-2H3. The molecule has 2 atom stereocenters. The highest BCUT2D eigenvalue weighted by Crippen LogP contribution is 2.21. The molecule has 0 aromatic rings. The number of aliphatic hydroxyl groups is 1. The number of hydrogen-bond acceptors (Lipinski definition) is 5. The van der Waals surface area contributed by atoms with Gasteiger partial charge in [-0.3, -0.25) is 4.90 Å². The zero-order valence-corrected chi connectivity index (χ0v) is 12.3. The van der Waals surface area contributed by atoms with Crippen LogP contribution in [0.4, 0.5) is 0 Å². The van der Waals surface area contributed by atoms with Crippen molar-refractivity contribution in [1.82, 2.24) is 4.90 Å². The van der Waals surface area contributed by atoms with Crippen LogP contribution in [0.5, 0.6) is 0 Å². The second-order valence-electron chi connectivity index (χ2n) is 5.12. The van der Waals surface area contributed by atoms with Gasteiger partial charge in [0, 0.05) is 19.7 Å². The molecule has 1 aliphatic carbocycles. The first-order chi connectivity index (χ1) is 9.25. The van der Waals surface area contributed by atoms with Crippen LogP contribution < -0.4 is 0 Å². The number of nitrogens with zero attached hydrogens (tertiary/aromatic N) is 1. The molecular weight excluding hydrogens is 246 g/mol. The maximum Gasteiger partial charge on any atom is 0.0701 e. The van der Waals surface area contributed by atoms with Crippen molar-refractivity contribution in [3.8, 4) is 0 Å². The van der Waals surface area contributed by atoms with Crippen LogP contribution in [-0.4, -0.2) is 75.9 Å². The second-order valence-corrected chi connectivity index (χ2v) is 5.12. The third-order valence-electron chi connectivity index (χ3n) is 3.65. The van der Waals surface area contributed by atoms with Crippen molar-refractivity contribution in [3.63, 3.8) is 0 Å². The van der Waals surface area contributed by atoms with Gasteiger partial charge in [-0.1, -0.05) is 12.8 Å². The molecule has 2 unspecified atom stereocenters. The molecule has 0 radical (unpaired) electrons. The fourth-order valence-corrected chi connectivity index (χ4v) is 2.44. The maximum atomic E-state index is 9.95. The van der Waals surface area contributed by atoms with Crippen molar-refractivity contribution < 1.29 is 19.3 Å². The zero-order valence-electron chi connectivity index (χ0n) is 12.3. The van der Waals surface area contributed by atoms with E-state index in [1.807, 2.05) is 0 Å². The number of rotatable bonds is 10. The molecule has 1 saturated carbocycles. The Morgan fingerprint density at radius 3 is 2.32 bits per heavy atom. The van der Waals surface area contributed by atoms with Gasteiger partial charge < -0.3 is 19.3 Å². The van der Waals surface area contributed by atoms with Crippen molar-refractivity contribution >= 4 is 0 Å². The van der Waals surface area contributed by atoms with Crippen LogP contribution in [0.2, 0.25) is 0 Å². The average molecular weight is 275 g/mol. The van der Waals surface area contributed by atoms with Crippen LogP contribution in [0.3, 0.4) is 0 Å². The van der Waals surface area contributed by atoms with Gasteiger partial charge in [-0.2, -0.15) is 0 Å². The summed E-state index contributed by atoms with van der Waals surface area (Å²) in [6.07, 6.45) is 4.23. The molecule has 0 aromatic heterocycles. The lowest BCUT2D eigenvalue weighted by molar-refractivity contribution is 0.000134. The lowest BCUT2D eigenvalue weighted by Gasteiger charge is -2.35. The Hall–Kier alpha value is -0.200. The van der Waals surface area contributed by atoms with Crippen LogP contribution in [0.25, 0.3) is 0 Å². The van der Waals surface area contributed by atoms with E-state index in [4.69, 9.17) is 14.2 Å². The van der Waals surface area contributed by atoms with Gasteiger partial charge in [0.25, 0.3) is 0 Å². The van der Waals surface area contributed by atoms with Crippen LogP contribution in [0.15, 0.2) is 0 Å². The molecule has 19 heavy (non-hydrogen) atoms. The number of hydrogen-bond donors (Lipinski definition) is 1. The predicted molar refractivity (Wildman–Crippen MR) is 74.4 cm³/mol. The smallest absolute Gasteiger partial charge is 0.0701 e. The van der Waals surface area contributed by atoms with E-state index >= 15 is 0 Å². The van der Waals surface area contributed by atoms with Gasteiger partial charge in [0.2, 0.25) is 0 Å². The van der Waals surface area contributed by atoms with Gasteiger partial charge in [0.15, 0.2) is 0 Å². The summed E-state index contributed by atoms with van der Waals surface area (Å²) in [5.74, 6) is 0. The quantitative estimate of drug-likeness (QED) is 0.600. The zero-order chi connectivity index (χ0) is 13.9. The minimum Gasteiger partial charge on any atom is -0.391 e. The van der Waals surface area contributed by atoms with Crippen LogP contribution in [0.1, 0.15) is 25.7 Å². The SMILES string of the molecule is COCCOCCOCCN(C)C1CCCCC1O. The number of aliphatic hydroxyl groups excluding tert-OH is 1. The van der Waals surface area contributed by atoms with Crippen molar-refractivity contribution in [1.29, 1.82) is 0 Å². The third-order valence-corrected chi connectivity index (χ3v) is 3.65. The first-order valence-electron chi connectivity index (χ1n) is 7.28. The summed E-state index contributed by atoms with van der Waals surface area (Å²) in [6.45, 7) is 4.02. The molecule has 5 heteroatoms. The summed E-state index contributed by atoms with van der Waals surface area (Å²) in [6, 6.07) is 0.301. The highest BCUT2D eigenvalue weighted by molar-refractivity contribution is 4.81. The van der Waals surface area contributed by atoms with E-state index in [2.05, 4.69) is 11.9 Å². The molecule has 0 amide bonds. The predicted octanol–water partition coefficient (Wildman–Crippen LogP) is 0.901. The van der Waals surface area contributed by atoms with Crippen molar-refractivity contribution in [2.75, 3.05) is 53.7 Å². The Bertz CT molecular complexity index is 216. The van der Waals surface area contributed by atoms with Gasteiger partial charge in [0.1, 0.15) is 0 Å². The molecular formula is C14H29NO4. The van der Waals surface area contributed by atoms with E-state index in [0.717, 1.165) is 25.8 Å². The van der Waals surface area contributed by atoms with Gasteiger partial charge in [0.05, 0.1) is 39.1 Å². The monoisotopic (exact) mass is 275 g/mol. The lowest BCUT2D eigenvalue weighted by Crippen LogP contribution is -2.44. The number of likely N-dealkylation sites (N-methyl/N-ethyl adjacent to an activating group) is 1. The summed E-state index contributed by atoms with van der Waals surface area (Å²) in [5.41, 5.74) is 0. The Balaban J connectivity index is 1.96. The van der Waals surface area contributed by atoms with Crippen molar-refractivity contribution in [2.24, 2.45) is 0 Å². The van der Waals surface area contributed by atoms with Gasteiger partial charge in [-0.25, -0.2) is 0 Å². The van der Waals surface area contributed by atoms with Crippen LogP contribution in [-0.2, 0) is 14.2 Å². The molecule has 0 saturated heterocycles. The normalized spacial score (nSPS) is 24.0. The van der Waals surface area contributed by atoms with Crippen molar-refractivity contribution in [3.05, 3.63) is 0 Å². The fourth-order valence-electron chi connectivity index (χ4n) is 2.44. The Kier molecular flexibility index (Phi) is 9.38. The lowest BCUT2D eigenvalue weighted by atomic mass is 9.92. The summed E-state index contributed by atoms with van der Waals surface area (Å²) < 4.78 is 15.7. The minimum absolute atomic E-state index is 0.170. The highest BCUT2D eigenvalue weighted by atomic mass is 16.5. The van der Waals surface area contributed by atoms with Gasteiger partial charge in [-0.15, -0.1) is 0 Å². The molecule has 0 spiro atoms. The Morgan fingerprint density at radius 1 is 1.00 bits per heavy atom. The first kappa shape index (κ1) is 16.9. The fraction of sp³-hybridized carbons (Fsp3) is 1.00. The van der Waals surface area contributed by atoms with E-state index in [9.17, 15) is 5.11 Å². The average Bonchev–Trinajstić information content (AvgIpc) is 2.42. The Morgan fingerprint density at radius 2 is 1.63 bits per heavy atom. The largest absolute Gasteiger partial charge is 0.391 e. The summed E-state index contributed by atoms with van der Waals surface area (Å²) in [5, 5.41) is 9.95. The molecule has 1 fully saturated rings. The van der Waals surface area contributed by atoms with E-state index in [1.165, 1.54) is 6.42 Å². The molecule has 5 nitrogen and oxygen atoms in total. The summed E-state index contributed by atoms with van der Waals surface area (Å²) >= 11 is 0. The van der Waals surface area contributed by atoms with E-state index in [1.54, 1.807) is 7.11 Å².